The van der Waals surface area contributed by atoms with Crippen LogP contribution in [0.5, 0.6) is 0 Å². The number of nitrogens with zero attached hydrogens (tertiary/aromatic N) is 1. The summed E-state index contributed by atoms with van der Waals surface area (Å²) in [4.78, 5) is 11.7. The number of esters is 1. The third-order valence-electron chi connectivity index (χ3n) is 3.45. The van der Waals surface area contributed by atoms with Crippen molar-refractivity contribution in [2.75, 3.05) is 11.6 Å². The first kappa shape index (κ1) is 10.6. The predicted molar refractivity (Wildman–Crippen MR) is 64.6 cm³/mol. The van der Waals surface area contributed by atoms with Crippen molar-refractivity contribution in [2.45, 2.75) is 31.8 Å². The standard InChI is InChI=1S/C13H16N2O2/c1-2-17-13(16)11-8-10-7-9-5-3-4-6-12(9)15(10)14-11/h3-6,10-11,14H,2,7-8H2,1H3/t10-,11+/m1/s1. The van der Waals surface area contributed by atoms with Gasteiger partial charge in [0, 0.05) is 0 Å². The number of hydrogen-bond acceptors (Lipinski definition) is 4. The molecule has 2 aliphatic rings. The molecule has 2 aliphatic heterocycles. The van der Waals surface area contributed by atoms with Crippen LogP contribution in [0.2, 0.25) is 0 Å². The van der Waals surface area contributed by atoms with Crippen molar-refractivity contribution in [3.8, 4) is 0 Å². The van der Waals surface area contributed by atoms with Crippen LogP contribution in [0.3, 0.4) is 0 Å². The molecule has 3 rings (SSSR count). The van der Waals surface area contributed by atoms with E-state index in [-0.39, 0.29) is 12.0 Å². The van der Waals surface area contributed by atoms with Crippen LogP contribution < -0.4 is 10.4 Å². The van der Waals surface area contributed by atoms with Crippen LogP contribution in [0.4, 0.5) is 5.69 Å². The van der Waals surface area contributed by atoms with Gasteiger partial charge in [0.25, 0.3) is 0 Å². The van der Waals surface area contributed by atoms with Gasteiger partial charge in [-0.25, -0.2) is 5.43 Å². The molecule has 2 heterocycles. The highest BCUT2D eigenvalue weighted by atomic mass is 16.5. The number of fused-ring (bicyclic) bond motifs is 3. The topological polar surface area (TPSA) is 41.6 Å². The maximum Gasteiger partial charge on any atom is 0.325 e. The largest absolute Gasteiger partial charge is 0.465 e. The van der Waals surface area contributed by atoms with Crippen LogP contribution >= 0.6 is 0 Å². The second-order valence-corrected chi connectivity index (χ2v) is 4.53. The Labute approximate surface area is 101 Å². The molecule has 1 saturated heterocycles. The molecule has 0 spiro atoms. The molecule has 0 radical (unpaired) electrons. The minimum Gasteiger partial charge on any atom is -0.465 e. The number of carbonyl (C=O) groups is 1. The molecule has 2 atom stereocenters. The van der Waals surface area contributed by atoms with Gasteiger partial charge in [0.15, 0.2) is 0 Å². The van der Waals surface area contributed by atoms with Crippen LogP contribution in [0.25, 0.3) is 0 Å². The number of para-hydroxylation sites is 1. The Morgan fingerprint density at radius 1 is 1.53 bits per heavy atom. The number of hydrazine groups is 1. The number of benzene rings is 1. The second kappa shape index (κ2) is 4.04. The predicted octanol–water partition coefficient (Wildman–Crippen LogP) is 1.26. The molecule has 0 saturated carbocycles. The van der Waals surface area contributed by atoms with Gasteiger partial charge in [0.2, 0.25) is 0 Å². The average molecular weight is 232 g/mol. The molecule has 4 nitrogen and oxygen atoms in total. The molecule has 0 aliphatic carbocycles. The summed E-state index contributed by atoms with van der Waals surface area (Å²) in [6.45, 7) is 2.28. The van der Waals surface area contributed by atoms with Crippen molar-refractivity contribution in [3.63, 3.8) is 0 Å². The molecule has 90 valence electrons. The van der Waals surface area contributed by atoms with E-state index in [1.807, 2.05) is 13.0 Å². The van der Waals surface area contributed by atoms with Crippen molar-refractivity contribution in [1.82, 2.24) is 5.43 Å². The minimum absolute atomic E-state index is 0.139. The number of anilines is 1. The van der Waals surface area contributed by atoms with Crippen LogP contribution in [-0.2, 0) is 16.0 Å². The molecule has 17 heavy (non-hydrogen) atoms. The van der Waals surface area contributed by atoms with E-state index in [9.17, 15) is 4.79 Å². The second-order valence-electron chi connectivity index (χ2n) is 4.53. The summed E-state index contributed by atoms with van der Waals surface area (Å²) in [7, 11) is 0. The molecule has 1 aromatic carbocycles. The normalized spacial score (nSPS) is 25.6. The van der Waals surface area contributed by atoms with E-state index >= 15 is 0 Å². The van der Waals surface area contributed by atoms with Gasteiger partial charge in [0.05, 0.1) is 18.3 Å². The lowest BCUT2D eigenvalue weighted by Crippen LogP contribution is -2.41. The molecule has 0 unspecified atom stereocenters. The average Bonchev–Trinajstić information content (AvgIpc) is 2.86. The lowest BCUT2D eigenvalue weighted by Gasteiger charge is -2.19. The fourth-order valence-corrected chi connectivity index (χ4v) is 2.71. The Balaban J connectivity index is 1.77. The van der Waals surface area contributed by atoms with E-state index < -0.39 is 0 Å². The van der Waals surface area contributed by atoms with Crippen molar-refractivity contribution >= 4 is 11.7 Å². The van der Waals surface area contributed by atoms with Crippen LogP contribution in [0, 0.1) is 0 Å². The Bertz CT molecular complexity index is 447. The van der Waals surface area contributed by atoms with E-state index in [1.54, 1.807) is 0 Å². The van der Waals surface area contributed by atoms with E-state index in [0.717, 1.165) is 12.8 Å². The third kappa shape index (κ3) is 1.69. The zero-order chi connectivity index (χ0) is 11.8. The molecule has 0 amide bonds. The summed E-state index contributed by atoms with van der Waals surface area (Å²) in [5.74, 6) is -0.139. The Morgan fingerprint density at radius 2 is 2.35 bits per heavy atom. The van der Waals surface area contributed by atoms with Gasteiger partial charge in [-0.2, -0.15) is 0 Å². The monoisotopic (exact) mass is 232 g/mol. The summed E-state index contributed by atoms with van der Waals surface area (Å²) >= 11 is 0. The number of hydrogen-bond donors (Lipinski definition) is 1. The smallest absolute Gasteiger partial charge is 0.325 e. The first-order chi connectivity index (χ1) is 8.29. The van der Waals surface area contributed by atoms with E-state index in [2.05, 4.69) is 28.6 Å². The fraction of sp³-hybridized carbons (Fsp3) is 0.462. The summed E-state index contributed by atoms with van der Waals surface area (Å²) in [5, 5.41) is 2.12. The maximum absolute atomic E-state index is 11.7. The van der Waals surface area contributed by atoms with Crippen molar-refractivity contribution in [2.24, 2.45) is 0 Å². The van der Waals surface area contributed by atoms with Crippen LogP contribution in [0.1, 0.15) is 18.9 Å². The van der Waals surface area contributed by atoms with Crippen LogP contribution in [0.15, 0.2) is 24.3 Å². The number of ether oxygens (including phenoxy) is 1. The Hall–Kier alpha value is -1.55. The lowest BCUT2D eigenvalue weighted by atomic mass is 10.0. The molecule has 1 aromatic rings. The molecule has 1 N–H and O–H groups in total. The molecular formula is C13H16N2O2. The van der Waals surface area contributed by atoms with Crippen molar-refractivity contribution in [3.05, 3.63) is 29.8 Å². The summed E-state index contributed by atoms with van der Waals surface area (Å²) in [5.41, 5.74) is 5.80. The zero-order valence-corrected chi connectivity index (χ0v) is 9.85. The molecule has 4 heteroatoms. The van der Waals surface area contributed by atoms with Gasteiger partial charge in [0.1, 0.15) is 6.04 Å². The highest BCUT2D eigenvalue weighted by Gasteiger charge is 2.41. The van der Waals surface area contributed by atoms with E-state index in [4.69, 9.17) is 4.74 Å². The minimum atomic E-state index is -0.187. The van der Waals surface area contributed by atoms with Gasteiger partial charge in [-0.3, -0.25) is 4.79 Å². The van der Waals surface area contributed by atoms with Gasteiger partial charge in [-0.1, -0.05) is 18.2 Å². The fourth-order valence-electron chi connectivity index (χ4n) is 2.71. The van der Waals surface area contributed by atoms with Crippen molar-refractivity contribution in [1.29, 1.82) is 0 Å². The summed E-state index contributed by atoms with van der Waals surface area (Å²) < 4.78 is 5.05. The Kier molecular flexibility index (Phi) is 2.52. The molecule has 1 fully saturated rings. The van der Waals surface area contributed by atoms with E-state index in [0.29, 0.717) is 12.6 Å². The molecular weight excluding hydrogens is 216 g/mol. The first-order valence-electron chi connectivity index (χ1n) is 6.09. The number of carbonyl (C=O) groups excluding carboxylic acids is 1. The Morgan fingerprint density at radius 3 is 3.18 bits per heavy atom. The van der Waals surface area contributed by atoms with Crippen molar-refractivity contribution < 1.29 is 9.53 Å². The van der Waals surface area contributed by atoms with E-state index in [1.165, 1.54) is 11.3 Å². The molecule has 0 aromatic heterocycles. The summed E-state index contributed by atoms with van der Waals surface area (Å²) in [6.07, 6.45) is 1.84. The number of nitrogens with one attached hydrogen (secondary N) is 1. The van der Waals surface area contributed by atoms with Gasteiger partial charge >= 0.3 is 5.97 Å². The van der Waals surface area contributed by atoms with Crippen LogP contribution in [-0.4, -0.2) is 24.7 Å². The number of rotatable bonds is 2. The highest BCUT2D eigenvalue weighted by Crippen LogP contribution is 2.35. The van der Waals surface area contributed by atoms with Gasteiger partial charge in [-0.05, 0) is 31.4 Å². The first-order valence-corrected chi connectivity index (χ1v) is 6.09. The SMILES string of the molecule is CCOC(=O)[C@@H]1C[C@H]2Cc3ccccc3N2N1. The third-order valence-corrected chi connectivity index (χ3v) is 3.45. The lowest BCUT2D eigenvalue weighted by molar-refractivity contribution is -0.145. The van der Waals surface area contributed by atoms with Gasteiger partial charge in [-0.15, -0.1) is 0 Å². The highest BCUT2D eigenvalue weighted by molar-refractivity contribution is 5.78. The zero-order valence-electron chi connectivity index (χ0n) is 9.85. The maximum atomic E-state index is 11.7. The quantitative estimate of drug-likeness (QED) is 0.779. The summed E-state index contributed by atoms with van der Waals surface area (Å²) in [6, 6.07) is 8.53. The van der Waals surface area contributed by atoms with Gasteiger partial charge < -0.3 is 9.75 Å². The molecule has 0 bridgehead atoms.